The van der Waals surface area contributed by atoms with Gasteiger partial charge in [0.2, 0.25) is 0 Å². The fraction of sp³-hybridized carbons (Fsp3) is 0.407. The molecule has 7 nitrogen and oxygen atoms in total. The van der Waals surface area contributed by atoms with Crippen LogP contribution in [-0.2, 0) is 7.05 Å². The topological polar surface area (TPSA) is 72.5 Å². The highest BCUT2D eigenvalue weighted by Gasteiger charge is 2.30. The molecule has 0 saturated heterocycles. The molecule has 2 aromatic heterocycles. The SMILES string of the molecule is CCC1CN(CCC(C)(C)O)c2cccc3cc(-c4nc5cc(C=O)cc(OC)c5n4C)n1c23. The van der Waals surface area contributed by atoms with Gasteiger partial charge in [-0.15, -0.1) is 0 Å². The number of aldehydes is 1. The highest BCUT2D eigenvalue weighted by atomic mass is 16.5. The lowest BCUT2D eigenvalue weighted by Gasteiger charge is -2.37. The molecular weight excluding hydrogens is 428 g/mol. The number of carbonyl (C=O) groups excluding carboxylic acids is 1. The number of hydrogen-bond acceptors (Lipinski definition) is 5. The second-order valence-corrected chi connectivity index (χ2v) is 9.89. The molecule has 1 unspecified atom stereocenters. The van der Waals surface area contributed by atoms with Gasteiger partial charge in [-0.1, -0.05) is 19.1 Å². The van der Waals surface area contributed by atoms with Crippen LogP contribution in [0, 0.1) is 0 Å². The van der Waals surface area contributed by atoms with Gasteiger partial charge in [0.25, 0.3) is 0 Å². The molecule has 0 saturated carbocycles. The Morgan fingerprint density at radius 1 is 1.24 bits per heavy atom. The van der Waals surface area contributed by atoms with Gasteiger partial charge in [-0.25, -0.2) is 4.98 Å². The van der Waals surface area contributed by atoms with Gasteiger partial charge in [0.1, 0.15) is 17.6 Å². The highest BCUT2D eigenvalue weighted by Crippen LogP contribution is 2.42. The van der Waals surface area contributed by atoms with E-state index < -0.39 is 5.60 Å². The number of ether oxygens (including phenoxy) is 1. The second kappa shape index (κ2) is 8.17. The number of aromatic nitrogens is 3. The molecule has 0 fully saturated rings. The van der Waals surface area contributed by atoms with E-state index in [0.717, 1.165) is 48.3 Å². The van der Waals surface area contributed by atoms with E-state index in [1.54, 1.807) is 13.2 Å². The van der Waals surface area contributed by atoms with Crippen LogP contribution in [0.5, 0.6) is 5.75 Å². The fourth-order valence-electron chi connectivity index (χ4n) is 5.22. The smallest absolute Gasteiger partial charge is 0.157 e. The van der Waals surface area contributed by atoms with E-state index in [-0.39, 0.29) is 6.04 Å². The largest absolute Gasteiger partial charge is 0.494 e. The lowest BCUT2D eigenvalue weighted by atomic mass is 10.0. The van der Waals surface area contributed by atoms with E-state index >= 15 is 0 Å². The first-order chi connectivity index (χ1) is 16.3. The van der Waals surface area contributed by atoms with E-state index in [2.05, 4.69) is 45.2 Å². The van der Waals surface area contributed by atoms with Crippen molar-refractivity contribution in [3.05, 3.63) is 42.0 Å². The summed E-state index contributed by atoms with van der Waals surface area (Å²) in [4.78, 5) is 18.8. The summed E-state index contributed by atoms with van der Waals surface area (Å²) >= 11 is 0. The number of nitrogens with zero attached hydrogens (tertiary/aromatic N) is 4. The number of rotatable bonds is 7. The summed E-state index contributed by atoms with van der Waals surface area (Å²) in [5, 5.41) is 11.5. The standard InChI is InChI=1S/C27H32N4O3/c1-6-19-15-30(11-10-27(2,3)33)21-9-7-8-18-14-22(31(19)24(18)21)26-28-20-12-17(16-32)13-23(34-5)25(20)29(26)4/h7-9,12-14,16,19,33H,6,10-11,15H2,1-5H3. The Morgan fingerprint density at radius 3 is 2.71 bits per heavy atom. The Kier molecular flexibility index (Phi) is 5.40. The predicted molar refractivity (Wildman–Crippen MR) is 136 cm³/mol. The third-order valence-corrected chi connectivity index (χ3v) is 6.98. The third-order valence-electron chi connectivity index (χ3n) is 6.98. The summed E-state index contributed by atoms with van der Waals surface area (Å²) < 4.78 is 10.1. The van der Waals surface area contributed by atoms with Gasteiger partial charge in [0.05, 0.1) is 41.2 Å². The van der Waals surface area contributed by atoms with Crippen LogP contribution in [0.25, 0.3) is 33.5 Å². The number of para-hydroxylation sites is 1. The van der Waals surface area contributed by atoms with Crippen LogP contribution in [0.15, 0.2) is 36.4 Å². The molecule has 2 aromatic carbocycles. The Morgan fingerprint density at radius 2 is 2.03 bits per heavy atom. The van der Waals surface area contributed by atoms with Crippen LogP contribution < -0.4 is 9.64 Å². The van der Waals surface area contributed by atoms with Gasteiger partial charge < -0.3 is 23.9 Å². The number of imidazole rings is 1. The quantitative estimate of drug-likeness (QED) is 0.395. The van der Waals surface area contributed by atoms with Crippen molar-refractivity contribution >= 4 is 33.9 Å². The zero-order chi connectivity index (χ0) is 24.2. The maximum Gasteiger partial charge on any atom is 0.157 e. The van der Waals surface area contributed by atoms with Crippen molar-refractivity contribution in [2.75, 3.05) is 25.1 Å². The molecule has 34 heavy (non-hydrogen) atoms. The zero-order valence-corrected chi connectivity index (χ0v) is 20.5. The molecule has 0 spiro atoms. The summed E-state index contributed by atoms with van der Waals surface area (Å²) in [6, 6.07) is 12.5. The number of benzene rings is 2. The molecule has 1 aliphatic heterocycles. The van der Waals surface area contributed by atoms with E-state index in [4.69, 9.17) is 9.72 Å². The number of hydrogen-bond donors (Lipinski definition) is 1. The van der Waals surface area contributed by atoms with Crippen LogP contribution in [0.1, 0.15) is 50.0 Å². The van der Waals surface area contributed by atoms with Crippen LogP contribution in [0.2, 0.25) is 0 Å². The number of methoxy groups -OCH3 is 1. The molecule has 178 valence electrons. The Labute approximate surface area is 199 Å². The minimum absolute atomic E-state index is 0.274. The van der Waals surface area contributed by atoms with Gasteiger partial charge in [0.15, 0.2) is 5.82 Å². The number of aliphatic hydroxyl groups is 1. The minimum atomic E-state index is -0.702. The van der Waals surface area contributed by atoms with E-state index in [9.17, 15) is 9.90 Å². The van der Waals surface area contributed by atoms with Crippen molar-refractivity contribution in [2.45, 2.75) is 45.3 Å². The van der Waals surface area contributed by atoms with Crippen molar-refractivity contribution in [1.29, 1.82) is 0 Å². The normalized spacial score (nSPS) is 15.9. The number of aryl methyl sites for hydroxylation is 1. The van der Waals surface area contributed by atoms with Gasteiger partial charge in [0, 0.05) is 31.1 Å². The molecule has 3 heterocycles. The van der Waals surface area contributed by atoms with Crippen LogP contribution in [-0.4, -0.2) is 51.3 Å². The van der Waals surface area contributed by atoms with E-state index in [1.165, 1.54) is 16.6 Å². The fourth-order valence-corrected chi connectivity index (χ4v) is 5.22. The Bertz CT molecular complexity index is 1390. The van der Waals surface area contributed by atoms with Gasteiger partial charge in [-0.2, -0.15) is 0 Å². The lowest BCUT2D eigenvalue weighted by molar-refractivity contribution is 0.0728. The summed E-state index contributed by atoms with van der Waals surface area (Å²) in [6.07, 6.45) is 2.51. The maximum atomic E-state index is 11.5. The molecule has 5 rings (SSSR count). The van der Waals surface area contributed by atoms with Crippen molar-refractivity contribution in [3.8, 4) is 17.3 Å². The van der Waals surface area contributed by atoms with Crippen LogP contribution >= 0.6 is 0 Å². The summed E-state index contributed by atoms with van der Waals surface area (Å²) in [5.41, 5.74) is 4.92. The molecule has 0 radical (unpaired) electrons. The number of fused-ring (bicyclic) bond motifs is 1. The molecule has 0 amide bonds. The van der Waals surface area contributed by atoms with Gasteiger partial charge in [-0.05, 0) is 51.0 Å². The molecule has 0 bridgehead atoms. The first kappa shape index (κ1) is 22.5. The third kappa shape index (κ3) is 3.55. The van der Waals surface area contributed by atoms with Gasteiger partial charge >= 0.3 is 0 Å². The van der Waals surface area contributed by atoms with Crippen molar-refractivity contribution in [1.82, 2.24) is 14.1 Å². The lowest BCUT2D eigenvalue weighted by Crippen LogP contribution is -2.38. The monoisotopic (exact) mass is 460 g/mol. The summed E-state index contributed by atoms with van der Waals surface area (Å²) in [6.45, 7) is 7.63. The van der Waals surface area contributed by atoms with Crippen LogP contribution in [0.3, 0.4) is 0 Å². The zero-order valence-electron chi connectivity index (χ0n) is 20.5. The average Bonchev–Trinajstić information content (AvgIpc) is 3.36. The van der Waals surface area contributed by atoms with Gasteiger partial charge in [-0.3, -0.25) is 4.79 Å². The van der Waals surface area contributed by atoms with Crippen molar-refractivity contribution in [3.63, 3.8) is 0 Å². The maximum absolute atomic E-state index is 11.5. The van der Waals surface area contributed by atoms with Crippen LogP contribution in [0.4, 0.5) is 5.69 Å². The predicted octanol–water partition coefficient (Wildman–Crippen LogP) is 4.95. The molecule has 1 atom stereocenters. The minimum Gasteiger partial charge on any atom is -0.494 e. The average molecular weight is 461 g/mol. The molecule has 7 heteroatoms. The summed E-state index contributed by atoms with van der Waals surface area (Å²) in [7, 11) is 3.62. The number of carbonyl (C=O) groups is 1. The van der Waals surface area contributed by atoms with E-state index in [0.29, 0.717) is 17.7 Å². The molecule has 1 aliphatic rings. The summed E-state index contributed by atoms with van der Waals surface area (Å²) in [5.74, 6) is 1.49. The highest BCUT2D eigenvalue weighted by molar-refractivity contribution is 5.98. The molecular formula is C27H32N4O3. The Hall–Kier alpha value is -3.32. The van der Waals surface area contributed by atoms with Crippen molar-refractivity contribution < 1.29 is 14.6 Å². The first-order valence-corrected chi connectivity index (χ1v) is 11.9. The molecule has 0 aliphatic carbocycles. The number of anilines is 1. The van der Waals surface area contributed by atoms with E-state index in [1.807, 2.05) is 27.0 Å². The van der Waals surface area contributed by atoms with Crippen molar-refractivity contribution in [2.24, 2.45) is 7.05 Å². The molecule has 4 aromatic rings. The Balaban J connectivity index is 1.72. The molecule has 1 N–H and O–H groups in total. The first-order valence-electron chi connectivity index (χ1n) is 11.9. The second-order valence-electron chi connectivity index (χ2n) is 9.89.